The Bertz CT molecular complexity index is 507. The van der Waals surface area contributed by atoms with Crippen molar-refractivity contribution in [2.75, 3.05) is 0 Å². The lowest BCUT2D eigenvalue weighted by atomic mass is 10.1. The molecule has 0 aromatic heterocycles. The zero-order chi connectivity index (χ0) is 18.5. The van der Waals surface area contributed by atoms with Crippen LogP contribution in [0.4, 0.5) is 0 Å². The molecule has 0 rings (SSSR count). The second-order valence-electron chi connectivity index (χ2n) is 4.61. The van der Waals surface area contributed by atoms with Gasteiger partial charge < -0.3 is 35.4 Å². The highest BCUT2D eigenvalue weighted by Crippen LogP contribution is 1.96. The smallest absolute Gasteiger partial charge is 0.326 e. The van der Waals surface area contributed by atoms with Crippen LogP contribution in [0.25, 0.3) is 0 Å². The van der Waals surface area contributed by atoms with Gasteiger partial charge in [0.25, 0.3) is 0 Å². The quantitative estimate of drug-likeness (QED) is 0.254. The van der Waals surface area contributed by atoms with Crippen molar-refractivity contribution in [2.45, 2.75) is 37.4 Å². The molecule has 11 nitrogen and oxygen atoms in total. The maximum atomic E-state index is 11.6. The molecule has 0 fully saturated rings. The van der Waals surface area contributed by atoms with E-state index in [2.05, 4.69) is 10.6 Å². The van der Waals surface area contributed by atoms with Gasteiger partial charge in [0.05, 0.1) is 24.9 Å². The number of nitrogens with one attached hydrogen (secondary N) is 3. The highest BCUT2D eigenvalue weighted by atomic mass is 16.4. The molecule has 0 aliphatic rings. The second kappa shape index (κ2) is 11.5. The first-order valence-corrected chi connectivity index (χ1v) is 6.73. The van der Waals surface area contributed by atoms with Crippen molar-refractivity contribution in [1.82, 2.24) is 16.0 Å². The van der Waals surface area contributed by atoms with Crippen LogP contribution in [0.15, 0.2) is 0 Å². The number of carboxylic acid groups (broad SMARTS) is 1. The van der Waals surface area contributed by atoms with Crippen LogP contribution < -0.4 is 16.0 Å². The molecule has 0 aliphatic carbocycles. The van der Waals surface area contributed by atoms with Crippen LogP contribution in [-0.4, -0.2) is 66.3 Å². The van der Waals surface area contributed by atoms with E-state index in [-0.39, 0.29) is 12.7 Å². The molecule has 0 aliphatic heterocycles. The summed E-state index contributed by atoms with van der Waals surface area (Å²) < 4.78 is 0. The summed E-state index contributed by atoms with van der Waals surface area (Å²) in [6.07, 6.45) is -0.295. The minimum absolute atomic E-state index is 0.232. The third-order valence-corrected chi connectivity index (χ3v) is 2.73. The van der Waals surface area contributed by atoms with Gasteiger partial charge in [0.2, 0.25) is 18.2 Å². The van der Waals surface area contributed by atoms with E-state index in [1.807, 2.05) is 5.32 Å². The van der Waals surface area contributed by atoms with Gasteiger partial charge in [-0.15, -0.1) is 0 Å². The van der Waals surface area contributed by atoms with Crippen molar-refractivity contribution in [1.29, 1.82) is 0 Å². The lowest BCUT2D eigenvalue weighted by Crippen LogP contribution is -2.46. The van der Waals surface area contributed by atoms with Crippen molar-refractivity contribution >= 4 is 43.1 Å². The van der Waals surface area contributed by atoms with Gasteiger partial charge in [-0.05, 0) is 0 Å². The third kappa shape index (κ3) is 8.36. The molecule has 0 aromatic rings. The first-order chi connectivity index (χ1) is 11.4. The van der Waals surface area contributed by atoms with Crippen molar-refractivity contribution in [3.8, 4) is 0 Å². The monoisotopic (exact) mass is 343 g/mol. The molecule has 0 saturated heterocycles. The second-order valence-corrected chi connectivity index (χ2v) is 4.61. The molecule has 3 unspecified atom stereocenters. The Kier molecular flexibility index (Phi) is 9.97. The average Bonchev–Trinajstić information content (AvgIpc) is 2.53. The van der Waals surface area contributed by atoms with Gasteiger partial charge in [-0.3, -0.25) is 14.4 Å². The number of aldehydes is 3. The Labute approximate surface area is 136 Å². The average molecular weight is 343 g/mol. The van der Waals surface area contributed by atoms with Crippen molar-refractivity contribution < 1.29 is 38.7 Å². The fraction of sp³-hybridized carbons (Fsp3) is 0.462. The minimum Gasteiger partial charge on any atom is -0.480 e. The van der Waals surface area contributed by atoms with E-state index in [1.54, 1.807) is 0 Å². The Morgan fingerprint density at radius 1 is 0.875 bits per heavy atom. The lowest BCUT2D eigenvalue weighted by molar-refractivity contribution is -0.142. The topological polar surface area (TPSA) is 176 Å². The van der Waals surface area contributed by atoms with Crippen LogP contribution in [0.5, 0.6) is 0 Å². The summed E-state index contributed by atoms with van der Waals surface area (Å²) in [7, 11) is 0. The molecule has 0 spiro atoms. The first kappa shape index (κ1) is 20.9. The highest BCUT2D eigenvalue weighted by Gasteiger charge is 2.23. The van der Waals surface area contributed by atoms with E-state index in [0.29, 0.717) is 12.6 Å². The Balaban J connectivity index is 4.55. The summed E-state index contributed by atoms with van der Waals surface area (Å²) in [5.74, 6) is -3.05. The molecule has 0 aromatic carbocycles. The number of aliphatic carboxylic acids is 1. The summed E-state index contributed by atoms with van der Waals surface area (Å²) in [4.78, 5) is 76.1. The summed E-state index contributed by atoms with van der Waals surface area (Å²) >= 11 is 0. The molecule has 0 saturated carbocycles. The standard InChI is InChI=1S/C13H17N3O8/c17-2-1-10(13(23)24)16-12(22)4-9(6-19)15-11(21)3-8(5-18)14-7-20/h2,5-10H,1,3-4H2,(H,14,20)(H,15,21)(H,16,22)(H,23,24). The molecule has 0 radical (unpaired) electrons. The van der Waals surface area contributed by atoms with Gasteiger partial charge in [0.1, 0.15) is 24.9 Å². The van der Waals surface area contributed by atoms with Crippen molar-refractivity contribution in [3.05, 3.63) is 0 Å². The van der Waals surface area contributed by atoms with Gasteiger partial charge >= 0.3 is 5.97 Å². The Hall–Kier alpha value is -3.11. The zero-order valence-corrected chi connectivity index (χ0v) is 12.5. The van der Waals surface area contributed by atoms with Gasteiger partial charge in [-0.25, -0.2) is 4.79 Å². The maximum Gasteiger partial charge on any atom is 0.326 e. The molecule has 0 bridgehead atoms. The number of carboxylic acids is 1. The lowest BCUT2D eigenvalue weighted by Gasteiger charge is -2.16. The van der Waals surface area contributed by atoms with Crippen LogP contribution in [0.3, 0.4) is 0 Å². The summed E-state index contributed by atoms with van der Waals surface area (Å²) in [6.45, 7) is 0. The Morgan fingerprint density at radius 3 is 1.88 bits per heavy atom. The van der Waals surface area contributed by atoms with Crippen molar-refractivity contribution in [3.63, 3.8) is 0 Å². The van der Waals surface area contributed by atoms with Gasteiger partial charge in [0.15, 0.2) is 0 Å². The first-order valence-electron chi connectivity index (χ1n) is 6.73. The number of rotatable bonds is 13. The van der Waals surface area contributed by atoms with Gasteiger partial charge in [-0.1, -0.05) is 0 Å². The van der Waals surface area contributed by atoms with Crippen LogP contribution in [0, 0.1) is 0 Å². The third-order valence-electron chi connectivity index (χ3n) is 2.73. The molecule has 132 valence electrons. The van der Waals surface area contributed by atoms with E-state index in [4.69, 9.17) is 5.11 Å². The van der Waals surface area contributed by atoms with E-state index < -0.39 is 55.2 Å². The molecule has 3 amide bonds. The largest absolute Gasteiger partial charge is 0.480 e. The maximum absolute atomic E-state index is 11.6. The molecule has 4 N–H and O–H groups in total. The van der Waals surface area contributed by atoms with Crippen LogP contribution in [0.2, 0.25) is 0 Å². The van der Waals surface area contributed by atoms with E-state index in [1.165, 1.54) is 0 Å². The predicted octanol–water partition coefficient (Wildman–Crippen LogP) is -3.08. The van der Waals surface area contributed by atoms with Crippen LogP contribution in [0.1, 0.15) is 19.3 Å². The van der Waals surface area contributed by atoms with E-state index in [9.17, 15) is 33.6 Å². The molecule has 24 heavy (non-hydrogen) atoms. The Morgan fingerprint density at radius 2 is 1.42 bits per heavy atom. The highest BCUT2D eigenvalue weighted by molar-refractivity contribution is 5.89. The minimum atomic E-state index is -1.44. The number of hydrogen-bond donors (Lipinski definition) is 4. The van der Waals surface area contributed by atoms with Gasteiger partial charge in [0, 0.05) is 6.42 Å². The molecule has 11 heteroatoms. The van der Waals surface area contributed by atoms with E-state index >= 15 is 0 Å². The predicted molar refractivity (Wildman–Crippen MR) is 76.5 cm³/mol. The normalized spacial score (nSPS) is 13.5. The number of carbonyl (C=O) groups excluding carboxylic acids is 6. The fourth-order valence-corrected chi connectivity index (χ4v) is 1.60. The molecular weight excluding hydrogens is 326 g/mol. The number of carbonyl (C=O) groups is 7. The summed E-state index contributed by atoms with van der Waals surface area (Å²) in [5, 5.41) is 15.0. The summed E-state index contributed by atoms with van der Waals surface area (Å²) in [6, 6.07) is -3.77. The number of hydrogen-bond acceptors (Lipinski definition) is 7. The van der Waals surface area contributed by atoms with Crippen LogP contribution in [-0.2, 0) is 33.6 Å². The van der Waals surface area contributed by atoms with E-state index in [0.717, 1.165) is 0 Å². The SMILES string of the molecule is O=CCC(NC(=O)CC(C=O)NC(=O)CC(C=O)NC=O)C(=O)O. The van der Waals surface area contributed by atoms with Crippen molar-refractivity contribution in [2.24, 2.45) is 0 Å². The zero-order valence-electron chi connectivity index (χ0n) is 12.5. The fourth-order valence-electron chi connectivity index (χ4n) is 1.60. The van der Waals surface area contributed by atoms with Crippen LogP contribution >= 0.6 is 0 Å². The molecule has 3 atom stereocenters. The summed E-state index contributed by atoms with van der Waals surface area (Å²) in [5.41, 5.74) is 0. The van der Waals surface area contributed by atoms with Gasteiger partial charge in [-0.2, -0.15) is 0 Å². The number of amides is 3. The molecule has 0 heterocycles. The molecular formula is C13H17N3O8.